The van der Waals surface area contributed by atoms with Crippen LogP contribution in [0.25, 0.3) is 0 Å². The van der Waals surface area contributed by atoms with E-state index in [2.05, 4.69) is 33.1 Å². The van der Waals surface area contributed by atoms with Crippen molar-refractivity contribution in [1.82, 2.24) is 5.43 Å². The van der Waals surface area contributed by atoms with E-state index >= 15 is 0 Å². The van der Waals surface area contributed by atoms with E-state index in [1.807, 2.05) is 37.3 Å². The maximum atomic E-state index is 12.3. The first-order chi connectivity index (χ1) is 14.9. The number of ether oxygens (including phenoxy) is 2. The number of benzene rings is 3. The number of halogens is 3. The standard InChI is InChI=1S/C23H19Cl2IN2O3/c1-14-5-3-4-6-18(14)23(29)28-27-12-15-9-20(26)22(21(10-15)30-2)31-13-16-7-8-17(24)11-19(16)25/h3-12H,13H2,1-2H3,(H,28,29)/b27-12-. The molecule has 160 valence electrons. The van der Waals surface area contributed by atoms with Crippen molar-refractivity contribution < 1.29 is 14.3 Å². The lowest BCUT2D eigenvalue weighted by Gasteiger charge is -2.14. The number of carbonyl (C=O) groups is 1. The summed E-state index contributed by atoms with van der Waals surface area (Å²) in [4.78, 5) is 12.3. The van der Waals surface area contributed by atoms with Gasteiger partial charge >= 0.3 is 0 Å². The van der Waals surface area contributed by atoms with Crippen molar-refractivity contribution in [2.24, 2.45) is 5.10 Å². The number of methoxy groups -OCH3 is 1. The predicted octanol–water partition coefficient (Wildman–Crippen LogP) is 6.26. The SMILES string of the molecule is COc1cc(/C=N\NC(=O)c2ccccc2C)cc(I)c1OCc1ccc(Cl)cc1Cl. The topological polar surface area (TPSA) is 59.9 Å². The summed E-state index contributed by atoms with van der Waals surface area (Å²) in [5.41, 5.74) is 5.58. The summed E-state index contributed by atoms with van der Waals surface area (Å²) in [6.07, 6.45) is 1.56. The van der Waals surface area contributed by atoms with Crippen molar-refractivity contribution in [1.29, 1.82) is 0 Å². The molecule has 5 nitrogen and oxygen atoms in total. The molecule has 0 spiro atoms. The minimum absolute atomic E-state index is 0.266. The molecule has 3 aromatic rings. The Bertz CT molecular complexity index is 1140. The molecule has 0 saturated carbocycles. The van der Waals surface area contributed by atoms with Crippen LogP contribution in [0.2, 0.25) is 10.0 Å². The maximum absolute atomic E-state index is 12.3. The lowest BCUT2D eigenvalue weighted by molar-refractivity contribution is 0.0954. The van der Waals surface area contributed by atoms with Crippen LogP contribution in [0.1, 0.15) is 27.0 Å². The second-order valence-electron chi connectivity index (χ2n) is 6.57. The Morgan fingerprint density at radius 3 is 2.65 bits per heavy atom. The van der Waals surface area contributed by atoms with Crippen LogP contribution in [0.4, 0.5) is 0 Å². The van der Waals surface area contributed by atoms with Crippen LogP contribution < -0.4 is 14.9 Å². The van der Waals surface area contributed by atoms with Gasteiger partial charge in [-0.3, -0.25) is 4.79 Å². The fourth-order valence-electron chi connectivity index (χ4n) is 2.80. The van der Waals surface area contributed by atoms with Crippen LogP contribution in [0.5, 0.6) is 11.5 Å². The number of nitrogens with one attached hydrogen (secondary N) is 1. The van der Waals surface area contributed by atoms with Gasteiger partial charge in [0.05, 0.1) is 16.9 Å². The number of carbonyl (C=O) groups excluding carboxylic acids is 1. The molecule has 3 aromatic carbocycles. The number of rotatable bonds is 7. The molecule has 0 heterocycles. The van der Waals surface area contributed by atoms with E-state index in [0.29, 0.717) is 27.1 Å². The molecule has 3 rings (SSSR count). The third-order valence-electron chi connectivity index (χ3n) is 4.41. The van der Waals surface area contributed by atoms with Crippen LogP contribution in [0.3, 0.4) is 0 Å². The summed E-state index contributed by atoms with van der Waals surface area (Å²) in [6, 6.07) is 16.3. The molecule has 8 heteroatoms. The molecule has 1 amide bonds. The Hall–Kier alpha value is -2.29. The highest BCUT2D eigenvalue weighted by Gasteiger charge is 2.13. The Balaban J connectivity index is 1.72. The lowest BCUT2D eigenvalue weighted by Crippen LogP contribution is -2.18. The highest BCUT2D eigenvalue weighted by Crippen LogP contribution is 2.34. The summed E-state index contributed by atoms with van der Waals surface area (Å²) in [7, 11) is 1.56. The summed E-state index contributed by atoms with van der Waals surface area (Å²) >= 11 is 14.3. The Morgan fingerprint density at radius 2 is 1.94 bits per heavy atom. The molecule has 0 bridgehead atoms. The molecule has 0 aromatic heterocycles. The number of hydrogen-bond acceptors (Lipinski definition) is 4. The zero-order valence-electron chi connectivity index (χ0n) is 16.8. The number of nitrogens with zero attached hydrogens (tertiary/aromatic N) is 1. The summed E-state index contributed by atoms with van der Waals surface area (Å²) < 4.78 is 12.3. The number of hydrogen-bond donors (Lipinski definition) is 1. The largest absolute Gasteiger partial charge is 0.493 e. The van der Waals surface area contributed by atoms with Crippen molar-refractivity contribution in [3.8, 4) is 11.5 Å². The smallest absolute Gasteiger partial charge is 0.271 e. The first-order valence-corrected chi connectivity index (χ1v) is 11.1. The summed E-state index contributed by atoms with van der Waals surface area (Å²) in [6.45, 7) is 2.14. The van der Waals surface area contributed by atoms with E-state index in [9.17, 15) is 4.79 Å². The van der Waals surface area contributed by atoms with Crippen molar-refractivity contribution in [2.75, 3.05) is 7.11 Å². The molecular formula is C23H19Cl2IN2O3. The van der Waals surface area contributed by atoms with Gasteiger partial charge in [-0.25, -0.2) is 5.43 Å². The van der Waals surface area contributed by atoms with E-state index in [0.717, 1.165) is 20.3 Å². The van der Waals surface area contributed by atoms with E-state index in [4.69, 9.17) is 32.7 Å². The highest BCUT2D eigenvalue weighted by atomic mass is 127. The minimum atomic E-state index is -0.268. The van der Waals surface area contributed by atoms with Crippen LogP contribution in [-0.4, -0.2) is 19.2 Å². The van der Waals surface area contributed by atoms with Gasteiger partial charge in [0, 0.05) is 21.2 Å². The molecular weight excluding hydrogens is 550 g/mol. The number of aryl methyl sites for hydroxylation is 1. The van der Waals surface area contributed by atoms with Crippen LogP contribution in [-0.2, 0) is 6.61 Å². The van der Waals surface area contributed by atoms with Gasteiger partial charge in [-0.2, -0.15) is 5.10 Å². The lowest BCUT2D eigenvalue weighted by atomic mass is 10.1. The molecule has 0 atom stereocenters. The van der Waals surface area contributed by atoms with Gasteiger partial charge in [0.1, 0.15) is 6.61 Å². The van der Waals surface area contributed by atoms with Crippen molar-refractivity contribution >= 4 is 57.9 Å². The van der Waals surface area contributed by atoms with Crippen molar-refractivity contribution in [3.63, 3.8) is 0 Å². The van der Waals surface area contributed by atoms with Gasteiger partial charge in [0.15, 0.2) is 11.5 Å². The zero-order valence-corrected chi connectivity index (χ0v) is 20.5. The van der Waals surface area contributed by atoms with Gasteiger partial charge in [-0.1, -0.05) is 47.5 Å². The normalized spacial score (nSPS) is 10.9. The summed E-state index contributed by atoms with van der Waals surface area (Å²) in [5, 5.41) is 5.17. The molecule has 0 unspecified atom stereocenters. The maximum Gasteiger partial charge on any atom is 0.271 e. The molecule has 1 N–H and O–H groups in total. The van der Waals surface area contributed by atoms with Crippen LogP contribution in [0, 0.1) is 10.5 Å². The van der Waals surface area contributed by atoms with Crippen LogP contribution >= 0.6 is 45.8 Å². The highest BCUT2D eigenvalue weighted by molar-refractivity contribution is 14.1. The van der Waals surface area contributed by atoms with Crippen molar-refractivity contribution in [3.05, 3.63) is 90.5 Å². The zero-order chi connectivity index (χ0) is 22.4. The first kappa shape index (κ1) is 23.4. The monoisotopic (exact) mass is 568 g/mol. The van der Waals surface area contributed by atoms with E-state index in [1.165, 1.54) is 0 Å². The third kappa shape index (κ3) is 6.12. The Kier molecular flexibility index (Phi) is 8.17. The van der Waals surface area contributed by atoms with E-state index < -0.39 is 0 Å². The van der Waals surface area contributed by atoms with Gasteiger partial charge < -0.3 is 9.47 Å². The molecule has 0 aliphatic heterocycles. The quantitative estimate of drug-likeness (QED) is 0.208. The molecule has 0 saturated heterocycles. The molecule has 0 aliphatic rings. The predicted molar refractivity (Wildman–Crippen MR) is 133 cm³/mol. The minimum Gasteiger partial charge on any atom is -0.493 e. The second kappa shape index (κ2) is 10.8. The number of amides is 1. The van der Waals surface area contributed by atoms with Gasteiger partial charge in [-0.05, 0) is 71.0 Å². The van der Waals surface area contributed by atoms with Gasteiger partial charge in [-0.15, -0.1) is 0 Å². The van der Waals surface area contributed by atoms with Gasteiger partial charge in [0.25, 0.3) is 5.91 Å². The Morgan fingerprint density at radius 1 is 1.16 bits per heavy atom. The van der Waals surface area contributed by atoms with Gasteiger partial charge in [0.2, 0.25) is 0 Å². The van der Waals surface area contributed by atoms with Crippen molar-refractivity contribution in [2.45, 2.75) is 13.5 Å². The third-order valence-corrected chi connectivity index (χ3v) is 5.80. The number of hydrazone groups is 1. The van der Waals surface area contributed by atoms with E-state index in [1.54, 1.807) is 37.6 Å². The fourth-order valence-corrected chi connectivity index (χ4v) is 4.04. The second-order valence-corrected chi connectivity index (χ2v) is 8.58. The van der Waals surface area contributed by atoms with Crippen LogP contribution in [0.15, 0.2) is 59.7 Å². The fraction of sp³-hybridized carbons (Fsp3) is 0.130. The van der Waals surface area contributed by atoms with E-state index in [-0.39, 0.29) is 12.5 Å². The molecule has 31 heavy (non-hydrogen) atoms. The summed E-state index contributed by atoms with van der Waals surface area (Å²) in [5.74, 6) is 0.870. The Labute approximate surface area is 204 Å². The molecule has 0 radical (unpaired) electrons. The molecule has 0 fully saturated rings. The molecule has 0 aliphatic carbocycles. The average molecular weight is 569 g/mol. The average Bonchev–Trinajstić information content (AvgIpc) is 2.74. The first-order valence-electron chi connectivity index (χ1n) is 9.22.